The number of rotatable bonds is 2. The van der Waals surface area contributed by atoms with Crippen LogP contribution in [0.25, 0.3) is 11.1 Å². The highest BCUT2D eigenvalue weighted by Gasteiger charge is 2.02. The Morgan fingerprint density at radius 2 is 1.59 bits per heavy atom. The maximum Gasteiger partial charge on any atom is 0.0991 e. The normalized spacial score (nSPS) is 10.2. The van der Waals surface area contributed by atoms with Crippen LogP contribution in [0.4, 0.5) is 0 Å². The first kappa shape index (κ1) is 11.4. The van der Waals surface area contributed by atoms with Crippen molar-refractivity contribution in [1.29, 1.82) is 5.26 Å². The lowest BCUT2D eigenvalue weighted by Gasteiger charge is -2.08. The maximum absolute atomic E-state index is 8.90. The standard InChI is InChI=1S/C16H15N/c1-12(2)14-6-4-8-16(10-14)15-7-3-5-13(9-15)11-17/h3-10,12H,1-2H3. The first-order chi connectivity index (χ1) is 8.20. The van der Waals surface area contributed by atoms with Crippen LogP contribution in [0.3, 0.4) is 0 Å². The Balaban J connectivity index is 2.46. The Kier molecular flexibility index (Phi) is 3.25. The van der Waals surface area contributed by atoms with Gasteiger partial charge >= 0.3 is 0 Å². The molecule has 0 bridgehead atoms. The molecule has 0 atom stereocenters. The van der Waals surface area contributed by atoms with Crippen LogP contribution in [0.15, 0.2) is 48.5 Å². The van der Waals surface area contributed by atoms with Crippen LogP contribution in [0.1, 0.15) is 30.9 Å². The van der Waals surface area contributed by atoms with Gasteiger partial charge in [0.05, 0.1) is 11.6 Å². The zero-order chi connectivity index (χ0) is 12.3. The molecule has 0 heterocycles. The van der Waals surface area contributed by atoms with E-state index in [1.165, 1.54) is 11.1 Å². The van der Waals surface area contributed by atoms with Crippen LogP contribution >= 0.6 is 0 Å². The van der Waals surface area contributed by atoms with Gasteiger partial charge in [-0.25, -0.2) is 0 Å². The van der Waals surface area contributed by atoms with Crippen molar-refractivity contribution in [2.45, 2.75) is 19.8 Å². The zero-order valence-electron chi connectivity index (χ0n) is 10.1. The summed E-state index contributed by atoms with van der Waals surface area (Å²) in [5.74, 6) is 0.522. The second-order valence-electron chi connectivity index (χ2n) is 4.47. The predicted octanol–water partition coefficient (Wildman–Crippen LogP) is 4.35. The van der Waals surface area contributed by atoms with Gasteiger partial charge in [-0.1, -0.05) is 50.2 Å². The number of benzene rings is 2. The molecule has 0 aliphatic carbocycles. The molecule has 0 saturated carbocycles. The van der Waals surface area contributed by atoms with Gasteiger partial charge in [0.25, 0.3) is 0 Å². The minimum atomic E-state index is 0.522. The third-order valence-electron chi connectivity index (χ3n) is 2.88. The van der Waals surface area contributed by atoms with Crippen molar-refractivity contribution in [1.82, 2.24) is 0 Å². The monoisotopic (exact) mass is 221 g/mol. The lowest BCUT2D eigenvalue weighted by molar-refractivity contribution is 0.867. The minimum absolute atomic E-state index is 0.522. The van der Waals surface area contributed by atoms with E-state index in [2.05, 4.69) is 44.2 Å². The van der Waals surface area contributed by atoms with Gasteiger partial charge in [-0.05, 0) is 34.7 Å². The molecule has 0 unspecified atom stereocenters. The Hall–Kier alpha value is -2.07. The minimum Gasteiger partial charge on any atom is -0.192 e. The Morgan fingerprint density at radius 1 is 0.941 bits per heavy atom. The average Bonchev–Trinajstić information content (AvgIpc) is 2.39. The van der Waals surface area contributed by atoms with Gasteiger partial charge < -0.3 is 0 Å². The second kappa shape index (κ2) is 4.84. The van der Waals surface area contributed by atoms with Crippen LogP contribution < -0.4 is 0 Å². The van der Waals surface area contributed by atoms with Gasteiger partial charge in [0.2, 0.25) is 0 Å². The zero-order valence-corrected chi connectivity index (χ0v) is 10.1. The molecule has 0 amide bonds. The molecular weight excluding hydrogens is 206 g/mol. The first-order valence-corrected chi connectivity index (χ1v) is 5.81. The average molecular weight is 221 g/mol. The molecule has 0 radical (unpaired) electrons. The van der Waals surface area contributed by atoms with E-state index in [0.29, 0.717) is 11.5 Å². The van der Waals surface area contributed by atoms with Gasteiger partial charge in [-0.3, -0.25) is 0 Å². The molecule has 0 spiro atoms. The van der Waals surface area contributed by atoms with Crippen LogP contribution in [0.5, 0.6) is 0 Å². The lowest BCUT2D eigenvalue weighted by Crippen LogP contribution is -1.88. The third kappa shape index (κ3) is 2.54. The van der Waals surface area contributed by atoms with E-state index in [1.807, 2.05) is 24.3 Å². The first-order valence-electron chi connectivity index (χ1n) is 5.81. The fourth-order valence-electron chi connectivity index (χ4n) is 1.85. The highest BCUT2D eigenvalue weighted by molar-refractivity contribution is 5.66. The van der Waals surface area contributed by atoms with Crippen molar-refractivity contribution in [2.75, 3.05) is 0 Å². The summed E-state index contributed by atoms with van der Waals surface area (Å²) in [6.07, 6.45) is 0. The van der Waals surface area contributed by atoms with E-state index in [0.717, 1.165) is 5.56 Å². The maximum atomic E-state index is 8.90. The van der Waals surface area contributed by atoms with E-state index >= 15 is 0 Å². The van der Waals surface area contributed by atoms with Gasteiger partial charge in [0.15, 0.2) is 0 Å². The van der Waals surface area contributed by atoms with Gasteiger partial charge in [-0.2, -0.15) is 5.26 Å². The molecule has 2 aromatic rings. The Morgan fingerprint density at radius 3 is 2.24 bits per heavy atom. The summed E-state index contributed by atoms with van der Waals surface area (Å²) in [6.45, 7) is 4.37. The van der Waals surface area contributed by atoms with Crippen LogP contribution in [-0.2, 0) is 0 Å². The number of nitriles is 1. The van der Waals surface area contributed by atoms with E-state index in [4.69, 9.17) is 5.26 Å². The summed E-state index contributed by atoms with van der Waals surface area (Å²) >= 11 is 0. The third-order valence-corrected chi connectivity index (χ3v) is 2.88. The summed E-state index contributed by atoms with van der Waals surface area (Å²) < 4.78 is 0. The van der Waals surface area contributed by atoms with E-state index in [9.17, 15) is 0 Å². The molecule has 1 heteroatoms. The molecule has 1 nitrogen and oxygen atoms in total. The Labute approximate surface area is 102 Å². The molecule has 84 valence electrons. The molecule has 0 fully saturated rings. The van der Waals surface area contributed by atoms with Crippen molar-refractivity contribution in [3.63, 3.8) is 0 Å². The molecule has 0 aliphatic rings. The van der Waals surface area contributed by atoms with Crippen molar-refractivity contribution < 1.29 is 0 Å². The number of hydrogen-bond donors (Lipinski definition) is 0. The molecule has 2 rings (SSSR count). The van der Waals surface area contributed by atoms with Crippen molar-refractivity contribution in [2.24, 2.45) is 0 Å². The molecule has 0 N–H and O–H groups in total. The van der Waals surface area contributed by atoms with Crippen molar-refractivity contribution in [3.05, 3.63) is 59.7 Å². The van der Waals surface area contributed by atoms with Crippen LogP contribution in [-0.4, -0.2) is 0 Å². The summed E-state index contributed by atoms with van der Waals surface area (Å²) in [4.78, 5) is 0. The largest absolute Gasteiger partial charge is 0.192 e. The molecular formula is C16H15N. The summed E-state index contributed by atoms with van der Waals surface area (Å²) in [5.41, 5.74) is 4.31. The van der Waals surface area contributed by atoms with E-state index < -0.39 is 0 Å². The Bertz CT molecular complexity index is 562. The summed E-state index contributed by atoms with van der Waals surface area (Å²) in [5, 5.41) is 8.90. The summed E-state index contributed by atoms with van der Waals surface area (Å²) in [6, 6.07) is 18.4. The number of nitrogens with zero attached hydrogens (tertiary/aromatic N) is 1. The molecule has 0 aliphatic heterocycles. The van der Waals surface area contributed by atoms with Gasteiger partial charge in [-0.15, -0.1) is 0 Å². The smallest absolute Gasteiger partial charge is 0.0991 e. The van der Waals surface area contributed by atoms with Crippen molar-refractivity contribution >= 4 is 0 Å². The highest BCUT2D eigenvalue weighted by Crippen LogP contribution is 2.24. The summed E-state index contributed by atoms with van der Waals surface area (Å²) in [7, 11) is 0. The fourth-order valence-corrected chi connectivity index (χ4v) is 1.85. The predicted molar refractivity (Wildman–Crippen MR) is 70.7 cm³/mol. The fraction of sp³-hybridized carbons (Fsp3) is 0.188. The van der Waals surface area contributed by atoms with Crippen molar-refractivity contribution in [3.8, 4) is 17.2 Å². The van der Waals surface area contributed by atoms with E-state index in [-0.39, 0.29) is 0 Å². The molecule has 0 saturated heterocycles. The van der Waals surface area contributed by atoms with Gasteiger partial charge in [0.1, 0.15) is 0 Å². The molecule has 0 aromatic heterocycles. The highest BCUT2D eigenvalue weighted by atomic mass is 14.2. The van der Waals surface area contributed by atoms with Crippen LogP contribution in [0, 0.1) is 11.3 Å². The molecule has 17 heavy (non-hydrogen) atoms. The quantitative estimate of drug-likeness (QED) is 0.739. The second-order valence-corrected chi connectivity index (χ2v) is 4.47. The van der Waals surface area contributed by atoms with E-state index in [1.54, 1.807) is 0 Å². The molecule has 2 aromatic carbocycles. The van der Waals surface area contributed by atoms with Gasteiger partial charge in [0, 0.05) is 0 Å². The lowest BCUT2D eigenvalue weighted by atomic mass is 9.97. The van der Waals surface area contributed by atoms with Crippen LogP contribution in [0.2, 0.25) is 0 Å². The SMILES string of the molecule is CC(C)c1cccc(-c2cccc(C#N)c2)c1. The topological polar surface area (TPSA) is 23.8 Å². The number of hydrogen-bond acceptors (Lipinski definition) is 1.